The second-order valence-electron chi connectivity index (χ2n) is 6.59. The number of anilines is 1. The van der Waals surface area contributed by atoms with Gasteiger partial charge in [0.1, 0.15) is 11.6 Å². The maximum absolute atomic E-state index is 13.7. The van der Waals surface area contributed by atoms with Gasteiger partial charge in [-0.15, -0.1) is 0 Å². The van der Waals surface area contributed by atoms with Crippen LogP contribution in [0.1, 0.15) is 41.9 Å². The molecular formula is C18H14F5N5O. The minimum Gasteiger partial charge on any atom is -0.369 e. The number of nitrogens with one attached hydrogen (secondary N) is 1. The van der Waals surface area contributed by atoms with E-state index in [1.165, 1.54) is 12.4 Å². The van der Waals surface area contributed by atoms with E-state index in [2.05, 4.69) is 20.4 Å². The van der Waals surface area contributed by atoms with Crippen LogP contribution in [0.25, 0.3) is 5.95 Å². The Morgan fingerprint density at radius 1 is 1.10 bits per heavy atom. The Hall–Kier alpha value is -3.08. The van der Waals surface area contributed by atoms with Crippen molar-refractivity contribution >= 4 is 5.69 Å². The number of nitrogens with zero attached hydrogens (tertiary/aromatic N) is 4. The normalized spacial score (nSPS) is 15.4. The molecule has 1 saturated carbocycles. The summed E-state index contributed by atoms with van der Waals surface area (Å²) < 4.78 is 67.5. The van der Waals surface area contributed by atoms with Crippen LogP contribution in [-0.2, 0) is 6.18 Å². The van der Waals surface area contributed by atoms with E-state index in [1.807, 2.05) is 0 Å². The Morgan fingerprint density at radius 3 is 2.28 bits per heavy atom. The van der Waals surface area contributed by atoms with Gasteiger partial charge >= 0.3 is 6.18 Å². The molecule has 0 saturated heterocycles. The largest absolute Gasteiger partial charge is 0.435 e. The molecule has 1 aromatic carbocycles. The first-order chi connectivity index (χ1) is 13.7. The molecule has 1 aliphatic rings. The van der Waals surface area contributed by atoms with Crippen molar-refractivity contribution in [2.45, 2.75) is 31.2 Å². The van der Waals surface area contributed by atoms with Crippen LogP contribution in [0, 0.1) is 11.6 Å². The van der Waals surface area contributed by atoms with Gasteiger partial charge in [-0.25, -0.2) is 23.4 Å². The summed E-state index contributed by atoms with van der Waals surface area (Å²) in [5, 5.41) is 16.1. The third-order valence-electron chi connectivity index (χ3n) is 4.43. The molecule has 0 amide bonds. The fraction of sp³-hybridized carbons (Fsp3) is 0.278. The van der Waals surface area contributed by atoms with Gasteiger partial charge in [0.15, 0.2) is 11.9 Å². The summed E-state index contributed by atoms with van der Waals surface area (Å²) >= 11 is 0. The van der Waals surface area contributed by atoms with Crippen LogP contribution in [0.2, 0.25) is 0 Å². The van der Waals surface area contributed by atoms with Gasteiger partial charge in [0.05, 0.1) is 29.3 Å². The zero-order valence-electron chi connectivity index (χ0n) is 14.7. The quantitative estimate of drug-likeness (QED) is 0.491. The van der Waals surface area contributed by atoms with Crippen LogP contribution in [0.3, 0.4) is 0 Å². The standard InChI is InChI=1S/C18H14F5N5O/c19-11-2-1-3-12(20)15(11)16(29)26-10-7-24-17(25-8-10)28-13(9-4-5-9)6-14(27-28)18(21,22)23/h1-3,6-9,16,26,29H,4-5H2. The molecule has 0 bridgehead atoms. The van der Waals surface area contributed by atoms with Crippen molar-refractivity contribution in [2.75, 3.05) is 5.32 Å². The highest BCUT2D eigenvalue weighted by Gasteiger charge is 2.38. The number of aliphatic hydroxyl groups is 1. The van der Waals surface area contributed by atoms with Crippen molar-refractivity contribution in [1.29, 1.82) is 0 Å². The van der Waals surface area contributed by atoms with Gasteiger partial charge in [0.2, 0.25) is 0 Å². The van der Waals surface area contributed by atoms with E-state index >= 15 is 0 Å². The van der Waals surface area contributed by atoms with Crippen LogP contribution in [0.5, 0.6) is 0 Å². The predicted octanol–water partition coefficient (Wildman–Crippen LogP) is 3.94. The Morgan fingerprint density at radius 2 is 1.72 bits per heavy atom. The number of aliphatic hydroxyl groups excluding tert-OH is 1. The fourth-order valence-electron chi connectivity index (χ4n) is 2.87. The Labute approximate surface area is 161 Å². The maximum atomic E-state index is 13.7. The van der Waals surface area contributed by atoms with E-state index in [0.29, 0.717) is 5.69 Å². The van der Waals surface area contributed by atoms with Crippen molar-refractivity contribution in [3.8, 4) is 5.95 Å². The van der Waals surface area contributed by atoms with Gasteiger partial charge in [-0.05, 0) is 31.0 Å². The van der Waals surface area contributed by atoms with Crippen LogP contribution in [0.15, 0.2) is 36.7 Å². The van der Waals surface area contributed by atoms with E-state index in [1.54, 1.807) is 0 Å². The monoisotopic (exact) mass is 411 g/mol. The third-order valence-corrected chi connectivity index (χ3v) is 4.43. The lowest BCUT2D eigenvalue weighted by atomic mass is 10.1. The van der Waals surface area contributed by atoms with Crippen molar-refractivity contribution < 1.29 is 27.1 Å². The van der Waals surface area contributed by atoms with Crippen molar-refractivity contribution in [2.24, 2.45) is 0 Å². The zero-order valence-corrected chi connectivity index (χ0v) is 14.7. The highest BCUT2D eigenvalue weighted by molar-refractivity contribution is 5.42. The van der Waals surface area contributed by atoms with Crippen molar-refractivity contribution in [3.63, 3.8) is 0 Å². The molecule has 152 valence electrons. The molecule has 1 atom stereocenters. The number of alkyl halides is 3. The molecule has 0 radical (unpaired) electrons. The molecule has 3 aromatic rings. The second kappa shape index (κ2) is 7.07. The minimum atomic E-state index is -4.59. The molecule has 0 aliphatic heterocycles. The lowest BCUT2D eigenvalue weighted by molar-refractivity contribution is -0.141. The lowest BCUT2D eigenvalue weighted by Gasteiger charge is -2.15. The molecule has 1 aliphatic carbocycles. The molecule has 1 unspecified atom stereocenters. The molecule has 0 spiro atoms. The van der Waals surface area contributed by atoms with Crippen LogP contribution >= 0.6 is 0 Å². The average molecular weight is 411 g/mol. The smallest absolute Gasteiger partial charge is 0.369 e. The van der Waals surface area contributed by atoms with Gasteiger partial charge in [0.25, 0.3) is 5.95 Å². The summed E-state index contributed by atoms with van der Waals surface area (Å²) in [5.74, 6) is -1.99. The predicted molar refractivity (Wildman–Crippen MR) is 91.1 cm³/mol. The molecular weight excluding hydrogens is 397 g/mol. The Bertz CT molecular complexity index is 1010. The lowest BCUT2D eigenvalue weighted by Crippen LogP contribution is -2.15. The molecule has 11 heteroatoms. The van der Waals surface area contributed by atoms with Crippen LogP contribution in [-0.4, -0.2) is 24.9 Å². The van der Waals surface area contributed by atoms with E-state index in [9.17, 15) is 27.1 Å². The topological polar surface area (TPSA) is 75.9 Å². The molecule has 1 fully saturated rings. The third kappa shape index (κ3) is 3.90. The number of benzene rings is 1. The molecule has 4 rings (SSSR count). The molecule has 2 heterocycles. The van der Waals surface area contributed by atoms with E-state index in [0.717, 1.165) is 41.8 Å². The van der Waals surface area contributed by atoms with Crippen molar-refractivity contribution in [1.82, 2.24) is 19.7 Å². The molecule has 2 N–H and O–H groups in total. The first-order valence-electron chi connectivity index (χ1n) is 8.62. The zero-order chi connectivity index (χ0) is 20.8. The molecule has 29 heavy (non-hydrogen) atoms. The Balaban J connectivity index is 1.58. The second-order valence-corrected chi connectivity index (χ2v) is 6.59. The summed E-state index contributed by atoms with van der Waals surface area (Å²) in [6.07, 6.45) is -2.45. The highest BCUT2D eigenvalue weighted by atomic mass is 19.4. The van der Waals surface area contributed by atoms with Crippen LogP contribution in [0.4, 0.5) is 27.6 Å². The van der Waals surface area contributed by atoms with Gasteiger partial charge < -0.3 is 10.4 Å². The van der Waals surface area contributed by atoms with Gasteiger partial charge in [-0.2, -0.15) is 18.3 Å². The first-order valence-corrected chi connectivity index (χ1v) is 8.62. The van der Waals surface area contributed by atoms with Crippen LogP contribution < -0.4 is 5.32 Å². The number of hydrogen-bond donors (Lipinski definition) is 2. The minimum absolute atomic E-state index is 0.0362. The average Bonchev–Trinajstić information content (AvgIpc) is 3.39. The van der Waals surface area contributed by atoms with E-state index in [-0.39, 0.29) is 17.6 Å². The van der Waals surface area contributed by atoms with Gasteiger partial charge in [0, 0.05) is 5.92 Å². The van der Waals surface area contributed by atoms with Crippen molar-refractivity contribution in [3.05, 3.63) is 65.2 Å². The van der Waals surface area contributed by atoms with Gasteiger partial charge in [-0.1, -0.05) is 6.07 Å². The number of hydrogen-bond acceptors (Lipinski definition) is 5. The fourth-order valence-corrected chi connectivity index (χ4v) is 2.87. The summed E-state index contributed by atoms with van der Waals surface area (Å²) in [4.78, 5) is 7.94. The maximum Gasteiger partial charge on any atom is 0.435 e. The summed E-state index contributed by atoms with van der Waals surface area (Å²) in [5.41, 5.74) is -1.13. The number of halogens is 5. The summed E-state index contributed by atoms with van der Waals surface area (Å²) in [6.45, 7) is 0. The number of aromatic nitrogens is 4. The van der Waals surface area contributed by atoms with Gasteiger partial charge in [-0.3, -0.25) is 0 Å². The molecule has 2 aromatic heterocycles. The first kappa shape index (κ1) is 19.2. The highest BCUT2D eigenvalue weighted by Crippen LogP contribution is 2.42. The number of rotatable bonds is 5. The summed E-state index contributed by atoms with van der Waals surface area (Å²) in [6, 6.07) is 4.14. The Kier molecular flexibility index (Phi) is 4.69. The van der Waals surface area contributed by atoms with E-state index in [4.69, 9.17) is 0 Å². The SMILES string of the molecule is OC(Nc1cnc(-n2nc(C(F)(F)F)cc2C2CC2)nc1)c1c(F)cccc1F. The summed E-state index contributed by atoms with van der Waals surface area (Å²) in [7, 11) is 0. The molecule has 6 nitrogen and oxygen atoms in total. The van der Waals surface area contributed by atoms with E-state index < -0.39 is 35.3 Å².